The topological polar surface area (TPSA) is 12.0 Å². The van der Waals surface area contributed by atoms with Crippen molar-refractivity contribution in [1.82, 2.24) is 5.32 Å². The third kappa shape index (κ3) is 2.26. The van der Waals surface area contributed by atoms with Crippen LogP contribution in [-0.4, -0.2) is 13.6 Å². The Morgan fingerprint density at radius 3 is 1.94 bits per heavy atom. The highest BCUT2D eigenvalue weighted by Crippen LogP contribution is 2.61. The van der Waals surface area contributed by atoms with E-state index < -0.39 is 0 Å². The van der Waals surface area contributed by atoms with Crippen molar-refractivity contribution in [3.63, 3.8) is 0 Å². The predicted molar refractivity (Wildman–Crippen MR) is 71.0 cm³/mol. The summed E-state index contributed by atoms with van der Waals surface area (Å²) in [6.07, 6.45) is 12.4. The van der Waals surface area contributed by atoms with Gasteiger partial charge in [0.15, 0.2) is 0 Å². The van der Waals surface area contributed by atoms with Crippen molar-refractivity contribution in [2.45, 2.75) is 51.4 Å². The summed E-state index contributed by atoms with van der Waals surface area (Å²) in [5.41, 5.74) is 0.811. The molecule has 0 atom stereocenters. The molecule has 4 rings (SSSR count). The van der Waals surface area contributed by atoms with Crippen LogP contribution in [0.1, 0.15) is 51.4 Å². The monoisotopic (exact) mass is 243 g/mol. The Labute approximate surface area is 106 Å². The molecule has 0 aromatic rings. The van der Waals surface area contributed by atoms with Gasteiger partial charge in [0.2, 0.25) is 0 Å². The molecule has 0 aliphatic heterocycles. The maximum absolute atomic E-state index is 3.30. The Balaban J connectivity index is 0.000000963. The predicted octanol–water partition coefficient (Wildman–Crippen LogP) is 3.62. The SMILES string of the molecule is CNCCCC12CC3CC(CC(C3)C1)C2.Cl. The van der Waals surface area contributed by atoms with Crippen molar-refractivity contribution in [1.29, 1.82) is 0 Å². The summed E-state index contributed by atoms with van der Waals surface area (Å²) in [5, 5.41) is 3.30. The van der Waals surface area contributed by atoms with E-state index in [1.165, 1.54) is 19.4 Å². The molecule has 0 radical (unpaired) electrons. The Hall–Kier alpha value is 0.250. The first kappa shape index (κ1) is 12.7. The maximum atomic E-state index is 3.30. The van der Waals surface area contributed by atoms with Crippen LogP contribution in [0.4, 0.5) is 0 Å². The van der Waals surface area contributed by atoms with Gasteiger partial charge in [0.05, 0.1) is 0 Å². The van der Waals surface area contributed by atoms with Crippen LogP contribution in [0.3, 0.4) is 0 Å². The van der Waals surface area contributed by atoms with Gasteiger partial charge in [-0.05, 0) is 88.1 Å². The number of hydrogen-bond donors (Lipinski definition) is 1. The lowest BCUT2D eigenvalue weighted by atomic mass is 9.48. The fourth-order valence-electron chi connectivity index (χ4n) is 5.24. The zero-order valence-electron chi connectivity index (χ0n) is 10.5. The molecule has 0 aromatic carbocycles. The summed E-state index contributed by atoms with van der Waals surface area (Å²) in [6, 6.07) is 0. The van der Waals surface area contributed by atoms with Crippen LogP contribution in [0.25, 0.3) is 0 Å². The first-order valence-corrected chi connectivity index (χ1v) is 6.94. The normalized spacial score (nSPS) is 44.4. The van der Waals surface area contributed by atoms with Gasteiger partial charge in [0.25, 0.3) is 0 Å². The molecule has 0 saturated heterocycles. The van der Waals surface area contributed by atoms with Crippen molar-refractivity contribution in [2.24, 2.45) is 23.2 Å². The third-order valence-electron chi connectivity index (χ3n) is 5.30. The molecule has 4 bridgehead atoms. The minimum atomic E-state index is 0. The van der Waals surface area contributed by atoms with Crippen molar-refractivity contribution in [2.75, 3.05) is 13.6 Å². The highest BCUT2D eigenvalue weighted by Gasteiger charge is 2.50. The molecule has 4 fully saturated rings. The lowest BCUT2D eigenvalue weighted by molar-refractivity contribution is -0.0579. The van der Waals surface area contributed by atoms with Crippen molar-refractivity contribution < 1.29 is 0 Å². The highest BCUT2D eigenvalue weighted by atomic mass is 35.5. The molecule has 2 heteroatoms. The lowest BCUT2D eigenvalue weighted by Gasteiger charge is -2.57. The molecule has 1 nitrogen and oxygen atoms in total. The molecular weight excluding hydrogens is 218 g/mol. The average molecular weight is 244 g/mol. The Bertz CT molecular complexity index is 204. The Morgan fingerprint density at radius 2 is 1.50 bits per heavy atom. The van der Waals surface area contributed by atoms with E-state index in [-0.39, 0.29) is 12.4 Å². The quantitative estimate of drug-likeness (QED) is 0.744. The van der Waals surface area contributed by atoms with Gasteiger partial charge in [0.1, 0.15) is 0 Å². The van der Waals surface area contributed by atoms with Gasteiger partial charge in [-0.25, -0.2) is 0 Å². The molecule has 0 heterocycles. The van der Waals surface area contributed by atoms with E-state index in [9.17, 15) is 0 Å². The summed E-state index contributed by atoms with van der Waals surface area (Å²) in [7, 11) is 2.08. The Kier molecular flexibility index (Phi) is 3.86. The van der Waals surface area contributed by atoms with Crippen LogP contribution < -0.4 is 5.32 Å². The van der Waals surface area contributed by atoms with E-state index in [1.807, 2.05) is 0 Å². The number of halogens is 1. The van der Waals surface area contributed by atoms with E-state index in [0.29, 0.717) is 0 Å². The van der Waals surface area contributed by atoms with Crippen LogP contribution in [0, 0.1) is 23.2 Å². The van der Waals surface area contributed by atoms with E-state index in [1.54, 1.807) is 38.5 Å². The van der Waals surface area contributed by atoms with Gasteiger partial charge in [0, 0.05) is 0 Å². The molecular formula is C14H26ClN. The van der Waals surface area contributed by atoms with Gasteiger partial charge < -0.3 is 5.32 Å². The van der Waals surface area contributed by atoms with Gasteiger partial charge in [-0.3, -0.25) is 0 Å². The molecule has 0 spiro atoms. The average Bonchev–Trinajstić information content (AvgIpc) is 2.15. The molecule has 0 amide bonds. The van der Waals surface area contributed by atoms with E-state index in [4.69, 9.17) is 0 Å². The fourth-order valence-corrected chi connectivity index (χ4v) is 5.24. The molecule has 1 N–H and O–H groups in total. The van der Waals surface area contributed by atoms with Crippen LogP contribution >= 0.6 is 12.4 Å². The number of hydrogen-bond acceptors (Lipinski definition) is 1. The third-order valence-corrected chi connectivity index (χ3v) is 5.30. The van der Waals surface area contributed by atoms with Crippen LogP contribution in [-0.2, 0) is 0 Å². The van der Waals surface area contributed by atoms with Gasteiger partial charge in [-0.1, -0.05) is 0 Å². The smallest absolute Gasteiger partial charge is 0.00517 e. The van der Waals surface area contributed by atoms with Crippen LogP contribution in [0.2, 0.25) is 0 Å². The molecule has 16 heavy (non-hydrogen) atoms. The first-order valence-electron chi connectivity index (χ1n) is 6.94. The number of rotatable bonds is 4. The first-order chi connectivity index (χ1) is 7.30. The Morgan fingerprint density at radius 1 is 1.00 bits per heavy atom. The van der Waals surface area contributed by atoms with E-state index >= 15 is 0 Å². The molecule has 4 aliphatic carbocycles. The minimum absolute atomic E-state index is 0. The largest absolute Gasteiger partial charge is 0.320 e. The van der Waals surface area contributed by atoms with Crippen LogP contribution in [0.5, 0.6) is 0 Å². The van der Waals surface area contributed by atoms with E-state index in [0.717, 1.165) is 23.2 Å². The standard InChI is InChI=1S/C14H25N.ClH/c1-15-4-2-3-14-8-11-5-12(9-14)7-13(6-11)10-14;/h11-13,15H,2-10H2,1H3;1H. The summed E-state index contributed by atoms with van der Waals surface area (Å²) in [6.45, 7) is 1.22. The molecule has 0 aromatic heterocycles. The second-order valence-corrected chi connectivity index (χ2v) is 6.62. The lowest BCUT2D eigenvalue weighted by Crippen LogP contribution is -2.46. The fraction of sp³-hybridized carbons (Fsp3) is 1.00. The number of nitrogens with one attached hydrogen (secondary N) is 1. The van der Waals surface area contributed by atoms with Crippen molar-refractivity contribution in [3.05, 3.63) is 0 Å². The molecule has 94 valence electrons. The molecule has 4 saturated carbocycles. The summed E-state index contributed by atoms with van der Waals surface area (Å²) < 4.78 is 0. The zero-order valence-corrected chi connectivity index (χ0v) is 11.3. The summed E-state index contributed by atoms with van der Waals surface area (Å²) in [5.74, 6) is 3.39. The zero-order chi connectivity index (χ0) is 10.3. The second kappa shape index (κ2) is 4.86. The summed E-state index contributed by atoms with van der Waals surface area (Å²) >= 11 is 0. The summed E-state index contributed by atoms with van der Waals surface area (Å²) in [4.78, 5) is 0. The van der Waals surface area contributed by atoms with Gasteiger partial charge >= 0.3 is 0 Å². The second-order valence-electron chi connectivity index (χ2n) is 6.62. The van der Waals surface area contributed by atoms with Gasteiger partial charge in [-0.2, -0.15) is 0 Å². The van der Waals surface area contributed by atoms with Gasteiger partial charge in [-0.15, -0.1) is 12.4 Å². The molecule has 0 unspecified atom stereocenters. The minimum Gasteiger partial charge on any atom is -0.320 e. The van der Waals surface area contributed by atoms with E-state index in [2.05, 4.69) is 12.4 Å². The van der Waals surface area contributed by atoms with Crippen LogP contribution in [0.15, 0.2) is 0 Å². The maximum Gasteiger partial charge on any atom is -0.00517 e. The van der Waals surface area contributed by atoms with Crippen molar-refractivity contribution in [3.8, 4) is 0 Å². The molecule has 4 aliphatic rings. The highest BCUT2D eigenvalue weighted by molar-refractivity contribution is 5.85. The van der Waals surface area contributed by atoms with Crippen molar-refractivity contribution >= 4 is 12.4 Å².